The molecule has 4 nitrogen and oxygen atoms in total. The SMILES string of the molecule is O=C(O)C(c1ccccc1)c1ccn(Cl)n1. The van der Waals surface area contributed by atoms with Crippen LogP contribution in [0.1, 0.15) is 17.2 Å². The van der Waals surface area contributed by atoms with Gasteiger partial charge in [0.05, 0.1) is 5.69 Å². The van der Waals surface area contributed by atoms with Crippen molar-refractivity contribution >= 4 is 17.7 Å². The standard InChI is InChI=1S/C11H9ClN2O2/c12-14-7-6-9(13-14)10(11(15)16)8-4-2-1-3-5-8/h1-7,10H,(H,15,16). The second-order valence-electron chi connectivity index (χ2n) is 3.31. The van der Waals surface area contributed by atoms with Crippen molar-refractivity contribution in [3.8, 4) is 0 Å². The lowest BCUT2D eigenvalue weighted by Crippen LogP contribution is -2.13. The Morgan fingerprint density at radius 2 is 2.00 bits per heavy atom. The van der Waals surface area contributed by atoms with Crippen LogP contribution in [0.15, 0.2) is 42.6 Å². The van der Waals surface area contributed by atoms with Crippen molar-refractivity contribution < 1.29 is 9.90 Å². The molecule has 2 aromatic rings. The summed E-state index contributed by atoms with van der Waals surface area (Å²) in [7, 11) is 0. The van der Waals surface area contributed by atoms with E-state index in [0.717, 1.165) is 4.20 Å². The maximum atomic E-state index is 11.2. The van der Waals surface area contributed by atoms with Crippen molar-refractivity contribution in [3.05, 3.63) is 53.9 Å². The Labute approximate surface area is 97.2 Å². The molecule has 0 saturated carbocycles. The number of nitrogens with zero attached hydrogens (tertiary/aromatic N) is 2. The number of benzene rings is 1. The fraction of sp³-hybridized carbons (Fsp3) is 0.0909. The summed E-state index contributed by atoms with van der Waals surface area (Å²) in [6.45, 7) is 0. The molecular formula is C11H9ClN2O2. The third-order valence-electron chi connectivity index (χ3n) is 2.25. The van der Waals surface area contributed by atoms with Crippen molar-refractivity contribution in [1.29, 1.82) is 0 Å². The van der Waals surface area contributed by atoms with Crippen LogP contribution >= 0.6 is 11.8 Å². The van der Waals surface area contributed by atoms with Crippen LogP contribution in [0, 0.1) is 0 Å². The largest absolute Gasteiger partial charge is 0.480 e. The van der Waals surface area contributed by atoms with Gasteiger partial charge in [-0.15, -0.1) is 0 Å². The summed E-state index contributed by atoms with van der Waals surface area (Å²) in [6.07, 6.45) is 1.51. The molecule has 0 radical (unpaired) electrons. The Hall–Kier alpha value is -1.81. The fourth-order valence-electron chi connectivity index (χ4n) is 1.55. The summed E-state index contributed by atoms with van der Waals surface area (Å²) < 4.78 is 1.08. The molecule has 1 atom stereocenters. The molecule has 1 unspecified atom stereocenters. The van der Waals surface area contributed by atoms with Crippen LogP contribution in [0.5, 0.6) is 0 Å². The van der Waals surface area contributed by atoms with Gasteiger partial charge in [0.2, 0.25) is 0 Å². The molecule has 2 rings (SSSR count). The molecule has 1 N–H and O–H groups in total. The molecule has 82 valence electrons. The lowest BCUT2D eigenvalue weighted by Gasteiger charge is -2.09. The highest BCUT2D eigenvalue weighted by atomic mass is 35.5. The van der Waals surface area contributed by atoms with Crippen LogP contribution in [-0.4, -0.2) is 20.4 Å². The zero-order valence-corrected chi connectivity index (χ0v) is 9.00. The minimum absolute atomic E-state index is 0.425. The molecule has 0 fully saturated rings. The Morgan fingerprint density at radius 1 is 1.31 bits per heavy atom. The first-order valence-corrected chi connectivity index (χ1v) is 5.02. The number of aromatic nitrogens is 2. The molecule has 0 spiro atoms. The van der Waals surface area contributed by atoms with Gasteiger partial charge < -0.3 is 5.11 Å². The second-order valence-corrected chi connectivity index (χ2v) is 3.66. The van der Waals surface area contributed by atoms with E-state index < -0.39 is 11.9 Å². The minimum atomic E-state index is -0.943. The second kappa shape index (κ2) is 4.37. The number of aliphatic carboxylic acids is 1. The molecule has 0 aliphatic carbocycles. The van der Waals surface area contributed by atoms with Gasteiger partial charge in [0.15, 0.2) is 0 Å². The first-order chi connectivity index (χ1) is 7.68. The molecule has 0 amide bonds. The predicted molar refractivity (Wildman–Crippen MR) is 59.4 cm³/mol. The first-order valence-electron chi connectivity index (χ1n) is 4.68. The van der Waals surface area contributed by atoms with Crippen molar-refractivity contribution in [2.24, 2.45) is 0 Å². The Morgan fingerprint density at radius 3 is 2.50 bits per heavy atom. The molecule has 0 aliphatic heterocycles. The first kappa shape index (κ1) is 10.7. The van der Waals surface area contributed by atoms with Gasteiger partial charge in [-0.05, 0) is 11.6 Å². The van der Waals surface area contributed by atoms with Gasteiger partial charge >= 0.3 is 5.97 Å². The zero-order chi connectivity index (χ0) is 11.5. The number of carbonyl (C=O) groups is 1. The van der Waals surface area contributed by atoms with Gasteiger partial charge in [-0.1, -0.05) is 30.3 Å². The molecule has 0 bridgehead atoms. The molecule has 16 heavy (non-hydrogen) atoms. The summed E-state index contributed by atoms with van der Waals surface area (Å²) in [5.74, 6) is -1.72. The van der Waals surface area contributed by atoms with Gasteiger partial charge in [0.25, 0.3) is 0 Å². The van der Waals surface area contributed by atoms with Gasteiger partial charge in [0, 0.05) is 18.0 Å². The summed E-state index contributed by atoms with van der Waals surface area (Å²) in [6, 6.07) is 10.5. The van der Waals surface area contributed by atoms with E-state index >= 15 is 0 Å². The van der Waals surface area contributed by atoms with Crippen LogP contribution in [0.25, 0.3) is 0 Å². The van der Waals surface area contributed by atoms with Crippen LogP contribution < -0.4 is 0 Å². The average molecular weight is 237 g/mol. The Bertz CT molecular complexity index is 496. The number of carboxylic acids is 1. The van der Waals surface area contributed by atoms with E-state index in [2.05, 4.69) is 5.10 Å². The quantitative estimate of drug-likeness (QED) is 0.888. The van der Waals surface area contributed by atoms with E-state index in [9.17, 15) is 9.90 Å². The van der Waals surface area contributed by atoms with Crippen LogP contribution in [0.2, 0.25) is 0 Å². The minimum Gasteiger partial charge on any atom is -0.480 e. The number of halogens is 1. The average Bonchev–Trinajstić information content (AvgIpc) is 2.66. The highest BCUT2D eigenvalue weighted by Gasteiger charge is 2.24. The van der Waals surface area contributed by atoms with E-state index in [0.29, 0.717) is 11.3 Å². The Balaban J connectivity index is 2.43. The Kier molecular flexibility index (Phi) is 2.92. The summed E-state index contributed by atoms with van der Waals surface area (Å²) in [4.78, 5) is 11.2. The normalized spacial score (nSPS) is 12.3. The lowest BCUT2D eigenvalue weighted by atomic mass is 9.96. The third-order valence-corrected chi connectivity index (χ3v) is 2.44. The van der Waals surface area contributed by atoms with E-state index in [1.54, 1.807) is 30.3 Å². The highest BCUT2D eigenvalue weighted by Crippen LogP contribution is 2.23. The number of hydrogen-bond donors (Lipinski definition) is 1. The fourth-order valence-corrected chi connectivity index (χ4v) is 1.70. The van der Waals surface area contributed by atoms with E-state index in [1.165, 1.54) is 6.20 Å². The van der Waals surface area contributed by atoms with E-state index in [-0.39, 0.29) is 0 Å². The lowest BCUT2D eigenvalue weighted by molar-refractivity contribution is -0.137. The monoisotopic (exact) mass is 236 g/mol. The molecule has 0 aliphatic rings. The van der Waals surface area contributed by atoms with Crippen molar-refractivity contribution in [1.82, 2.24) is 9.30 Å². The van der Waals surface area contributed by atoms with Crippen LogP contribution in [-0.2, 0) is 4.79 Å². The van der Waals surface area contributed by atoms with Crippen LogP contribution in [0.3, 0.4) is 0 Å². The topological polar surface area (TPSA) is 55.1 Å². The zero-order valence-electron chi connectivity index (χ0n) is 8.25. The molecule has 5 heteroatoms. The summed E-state index contributed by atoms with van der Waals surface area (Å²) in [5, 5.41) is 13.1. The summed E-state index contributed by atoms with van der Waals surface area (Å²) >= 11 is 5.61. The summed E-state index contributed by atoms with van der Waals surface area (Å²) in [5.41, 5.74) is 1.11. The van der Waals surface area contributed by atoms with Crippen LogP contribution in [0.4, 0.5) is 0 Å². The predicted octanol–water partition coefficient (Wildman–Crippen LogP) is 2.10. The third kappa shape index (κ3) is 2.06. The maximum absolute atomic E-state index is 11.2. The molecule has 1 aromatic heterocycles. The van der Waals surface area contributed by atoms with Crippen molar-refractivity contribution in [3.63, 3.8) is 0 Å². The van der Waals surface area contributed by atoms with Crippen molar-refractivity contribution in [2.75, 3.05) is 0 Å². The van der Waals surface area contributed by atoms with Gasteiger partial charge in [-0.2, -0.15) is 9.30 Å². The van der Waals surface area contributed by atoms with Crippen molar-refractivity contribution in [2.45, 2.75) is 5.92 Å². The van der Waals surface area contributed by atoms with E-state index in [4.69, 9.17) is 11.8 Å². The molecule has 1 heterocycles. The van der Waals surface area contributed by atoms with Gasteiger partial charge in [0.1, 0.15) is 5.92 Å². The number of rotatable bonds is 3. The van der Waals surface area contributed by atoms with Gasteiger partial charge in [-0.25, -0.2) is 0 Å². The smallest absolute Gasteiger partial charge is 0.317 e. The molecule has 1 aromatic carbocycles. The molecule has 0 saturated heterocycles. The maximum Gasteiger partial charge on any atom is 0.317 e. The van der Waals surface area contributed by atoms with Gasteiger partial charge in [-0.3, -0.25) is 4.79 Å². The van der Waals surface area contributed by atoms with E-state index in [1.807, 2.05) is 6.07 Å². The number of hydrogen-bond acceptors (Lipinski definition) is 2. The number of carboxylic acid groups (broad SMARTS) is 1. The highest BCUT2D eigenvalue weighted by molar-refractivity contribution is 6.14. The molecular weight excluding hydrogens is 228 g/mol.